The third kappa shape index (κ3) is 6.07. The van der Waals surface area contributed by atoms with E-state index in [-0.39, 0.29) is 5.96 Å². The molecule has 0 spiro atoms. The lowest BCUT2D eigenvalue weighted by Crippen LogP contribution is -2.23. The van der Waals surface area contributed by atoms with E-state index in [1.807, 2.05) is 0 Å². The van der Waals surface area contributed by atoms with E-state index in [2.05, 4.69) is 37.0 Å². The van der Waals surface area contributed by atoms with Crippen molar-refractivity contribution < 1.29 is 0 Å². The third-order valence-electron chi connectivity index (χ3n) is 0.368. The minimum atomic E-state index is -0.0926. The first-order valence-electron chi connectivity index (χ1n) is 2.11. The number of guanidine groups is 1. The molecule has 9 heteroatoms. The Kier molecular flexibility index (Phi) is 4.21. The van der Waals surface area contributed by atoms with E-state index >= 15 is 0 Å². The van der Waals surface area contributed by atoms with Crippen molar-refractivity contribution in [1.82, 2.24) is 26.1 Å². The summed E-state index contributed by atoms with van der Waals surface area (Å²) in [7, 11) is 0. The second kappa shape index (κ2) is 5.21. The fraction of sp³-hybridized carbons (Fsp3) is 0. The van der Waals surface area contributed by atoms with Gasteiger partial charge in [-0.15, -0.1) is 5.10 Å². The van der Waals surface area contributed by atoms with Crippen molar-refractivity contribution in [1.29, 1.82) is 0 Å². The molecule has 1 aromatic heterocycles. The van der Waals surface area contributed by atoms with Gasteiger partial charge in [0, 0.05) is 0 Å². The molecule has 1 rings (SSSR count). The number of rotatable bonds is 0. The molecule has 0 atom stereocenters. The summed E-state index contributed by atoms with van der Waals surface area (Å²) in [4.78, 5) is 0. The molecule has 9 nitrogen and oxygen atoms in total. The number of nitrogens with one attached hydrogen (secondary N) is 1. The monoisotopic (exact) mass is 145 g/mol. The van der Waals surface area contributed by atoms with Gasteiger partial charge >= 0.3 is 0 Å². The minimum Gasteiger partial charge on any atom is -0.369 e. The number of hydrogen-bond donors (Lipinski definition) is 4. The topological polar surface area (TPSA) is 158 Å². The Morgan fingerprint density at radius 1 is 1.20 bits per heavy atom. The number of aromatic amines is 1. The molecular formula is CH7N9. The van der Waals surface area contributed by atoms with Crippen LogP contribution < -0.4 is 17.3 Å². The van der Waals surface area contributed by atoms with Crippen molar-refractivity contribution in [2.75, 3.05) is 0 Å². The lowest BCUT2D eigenvalue weighted by atomic mass is 11.1. The van der Waals surface area contributed by atoms with Crippen LogP contribution in [0.3, 0.4) is 0 Å². The van der Waals surface area contributed by atoms with Gasteiger partial charge in [0.05, 0.1) is 0 Å². The van der Waals surface area contributed by atoms with Crippen molar-refractivity contribution in [3.05, 3.63) is 0 Å². The van der Waals surface area contributed by atoms with Gasteiger partial charge < -0.3 is 17.3 Å². The molecule has 0 aliphatic carbocycles. The molecule has 0 aromatic carbocycles. The Morgan fingerprint density at radius 2 is 1.60 bits per heavy atom. The van der Waals surface area contributed by atoms with Crippen LogP contribution in [0, 0.1) is 0 Å². The first-order chi connectivity index (χ1) is 4.77. The predicted octanol–water partition coefficient (Wildman–Crippen LogP) is -3.27. The largest absolute Gasteiger partial charge is 0.369 e. The second-order valence-corrected chi connectivity index (χ2v) is 1.03. The van der Waals surface area contributed by atoms with Crippen LogP contribution in [0.4, 0.5) is 0 Å². The van der Waals surface area contributed by atoms with Gasteiger partial charge in [0.25, 0.3) is 0 Å². The number of nitrogens with two attached hydrogens (primary N) is 3. The number of H-pyrrole nitrogens is 1. The van der Waals surface area contributed by atoms with Crippen LogP contribution in [0.25, 0.3) is 0 Å². The van der Waals surface area contributed by atoms with Gasteiger partial charge in [-0.25, -0.2) is 0 Å². The van der Waals surface area contributed by atoms with E-state index in [0.29, 0.717) is 0 Å². The van der Waals surface area contributed by atoms with Crippen LogP contribution in [0.5, 0.6) is 0 Å². The van der Waals surface area contributed by atoms with Crippen molar-refractivity contribution >= 4 is 5.96 Å². The molecule has 56 valence electrons. The number of aromatic nitrogens is 5. The van der Waals surface area contributed by atoms with Crippen molar-refractivity contribution in [3.63, 3.8) is 0 Å². The Labute approximate surface area is 55.6 Å². The summed E-state index contributed by atoms with van der Waals surface area (Å²) < 4.78 is 0. The van der Waals surface area contributed by atoms with Gasteiger partial charge in [0.1, 0.15) is 0 Å². The van der Waals surface area contributed by atoms with E-state index in [4.69, 9.17) is 11.5 Å². The molecule has 0 aliphatic rings. The Balaban J connectivity index is 0.000000162. The molecule has 0 amide bonds. The molecule has 0 saturated carbocycles. The predicted molar refractivity (Wildman–Crippen MR) is 32.0 cm³/mol. The molecule has 0 unspecified atom stereocenters. The van der Waals surface area contributed by atoms with Gasteiger partial charge in [-0.05, 0) is 20.9 Å². The normalized spacial score (nSPS) is 7.20. The first-order valence-corrected chi connectivity index (χ1v) is 2.11. The highest BCUT2D eigenvalue weighted by Crippen LogP contribution is 1.31. The average molecular weight is 145 g/mol. The summed E-state index contributed by atoms with van der Waals surface area (Å²) in [5, 5.41) is 17.4. The van der Waals surface area contributed by atoms with E-state index in [0.717, 1.165) is 0 Å². The summed E-state index contributed by atoms with van der Waals surface area (Å²) >= 11 is 0. The second-order valence-electron chi connectivity index (χ2n) is 1.03. The van der Waals surface area contributed by atoms with Crippen LogP contribution in [-0.4, -0.2) is 32.0 Å². The minimum absolute atomic E-state index is 0.0926. The number of hydrogen-bond acceptors (Lipinski definition) is 6. The lowest BCUT2D eigenvalue weighted by Gasteiger charge is -1.76. The van der Waals surface area contributed by atoms with E-state index in [9.17, 15) is 0 Å². The van der Waals surface area contributed by atoms with Gasteiger partial charge in [-0.2, -0.15) is 5.21 Å². The molecule has 0 saturated heterocycles. The number of nitrogens with zero attached hydrogens (tertiary/aromatic N) is 5. The molecule has 7 N–H and O–H groups in total. The zero-order chi connectivity index (χ0) is 7.82. The zero-order valence-corrected chi connectivity index (χ0v) is 4.97. The molecule has 1 aromatic rings. The Bertz CT molecular complexity index is 140. The Morgan fingerprint density at radius 3 is 1.70 bits per heavy atom. The molecule has 0 bridgehead atoms. The van der Waals surface area contributed by atoms with Gasteiger partial charge in [0.15, 0.2) is 0 Å². The average Bonchev–Trinajstić information content (AvgIpc) is 2.43. The van der Waals surface area contributed by atoms with Crippen LogP contribution in [0.2, 0.25) is 0 Å². The highest BCUT2D eigenvalue weighted by atomic mass is 15.6. The van der Waals surface area contributed by atoms with Gasteiger partial charge in [-0.3, -0.25) is 0 Å². The van der Waals surface area contributed by atoms with Crippen LogP contribution in [-0.2, 0) is 0 Å². The Hall–Kier alpha value is -1.93. The number of hydrazone groups is 1. The fourth-order valence-corrected chi connectivity index (χ4v) is 0.100. The highest BCUT2D eigenvalue weighted by Gasteiger charge is 1.62. The van der Waals surface area contributed by atoms with Crippen LogP contribution in [0.15, 0.2) is 5.10 Å². The van der Waals surface area contributed by atoms with Gasteiger partial charge in [0.2, 0.25) is 5.96 Å². The molecule has 10 heavy (non-hydrogen) atoms. The molecule has 0 radical (unpaired) electrons. The smallest absolute Gasteiger partial charge is 0.208 e. The van der Waals surface area contributed by atoms with Crippen molar-refractivity contribution in [2.24, 2.45) is 22.4 Å². The van der Waals surface area contributed by atoms with Crippen molar-refractivity contribution in [2.45, 2.75) is 0 Å². The molecule has 0 fully saturated rings. The summed E-state index contributed by atoms with van der Waals surface area (Å²) in [6, 6.07) is 0. The summed E-state index contributed by atoms with van der Waals surface area (Å²) in [5.41, 5.74) is 9.39. The zero-order valence-electron chi connectivity index (χ0n) is 4.97. The van der Waals surface area contributed by atoms with Crippen LogP contribution in [0.1, 0.15) is 0 Å². The fourth-order valence-electron chi connectivity index (χ4n) is 0.100. The van der Waals surface area contributed by atoms with E-state index in [1.54, 1.807) is 0 Å². The quantitative estimate of drug-likeness (QED) is 0.129. The molecule has 1 heterocycles. The van der Waals surface area contributed by atoms with E-state index < -0.39 is 0 Å². The summed E-state index contributed by atoms with van der Waals surface area (Å²) in [5.74, 6) is 4.42. The maximum Gasteiger partial charge on any atom is 0.208 e. The van der Waals surface area contributed by atoms with E-state index in [1.165, 1.54) is 0 Å². The van der Waals surface area contributed by atoms with Crippen LogP contribution >= 0.6 is 0 Å². The summed E-state index contributed by atoms with van der Waals surface area (Å²) in [6.45, 7) is 0. The van der Waals surface area contributed by atoms with Crippen molar-refractivity contribution in [3.8, 4) is 0 Å². The maximum atomic E-state index is 4.69. The van der Waals surface area contributed by atoms with Gasteiger partial charge in [-0.1, -0.05) is 0 Å². The SMILES string of the molecule is NN=C(N)N.n1nn[nH]n1. The third-order valence-corrected chi connectivity index (χ3v) is 0.368. The molecule has 0 aliphatic heterocycles. The maximum absolute atomic E-state index is 4.69. The summed E-state index contributed by atoms with van der Waals surface area (Å²) in [6.07, 6.45) is 0. The lowest BCUT2D eigenvalue weighted by molar-refractivity contribution is 0.881. The molecular weight excluding hydrogens is 138 g/mol. The first kappa shape index (κ1) is 8.07. The highest BCUT2D eigenvalue weighted by molar-refractivity contribution is 5.75. The standard InChI is InChI=1S/CH6N4.HN5/c2-1(3)5-4;1-2-4-5-3-1/h4H2,(H4,2,3,5);(H,1,2,3,4,5).